The summed E-state index contributed by atoms with van der Waals surface area (Å²) in [7, 11) is 0. The van der Waals surface area contributed by atoms with E-state index in [4.69, 9.17) is 0 Å². The molecule has 0 saturated heterocycles. The third-order valence-electron chi connectivity index (χ3n) is 4.07. The lowest BCUT2D eigenvalue weighted by atomic mass is 10.2. The van der Waals surface area contributed by atoms with Crippen LogP contribution < -0.4 is 10.1 Å². The predicted molar refractivity (Wildman–Crippen MR) is 99.8 cm³/mol. The molecule has 0 bridgehead atoms. The maximum Gasteiger partial charge on any atom is 0.573 e. The molecule has 1 N–H and O–H groups in total. The highest BCUT2D eigenvalue weighted by Crippen LogP contribution is 2.27. The van der Waals surface area contributed by atoms with E-state index in [1.54, 1.807) is 23.7 Å². The van der Waals surface area contributed by atoms with Gasteiger partial charge in [0.05, 0.1) is 6.54 Å². The average molecular weight is 418 g/mol. The van der Waals surface area contributed by atoms with Crippen LogP contribution in [0.4, 0.5) is 29.1 Å². The van der Waals surface area contributed by atoms with Crippen LogP contribution in [0.1, 0.15) is 11.4 Å². The highest BCUT2D eigenvalue weighted by molar-refractivity contribution is 5.84. The number of aryl methyl sites for hydroxylation is 1. The number of fused-ring (bicyclic) bond motifs is 1. The number of alkyl halides is 3. The fourth-order valence-corrected chi connectivity index (χ4v) is 2.80. The normalized spacial score (nSPS) is 11.6. The lowest BCUT2D eigenvalue weighted by Crippen LogP contribution is -2.17. The SMILES string of the molecule is Cc1nc(Nc2ccc(OC(F)(F)F)cc2)c2nnn(Cc3ccc(F)cc3)c2n1. The molecule has 2 heterocycles. The summed E-state index contributed by atoms with van der Waals surface area (Å²) in [6, 6.07) is 11.2. The van der Waals surface area contributed by atoms with E-state index in [1.807, 2.05) is 0 Å². The summed E-state index contributed by atoms with van der Waals surface area (Å²) in [4.78, 5) is 8.69. The van der Waals surface area contributed by atoms with E-state index < -0.39 is 6.36 Å². The molecule has 11 heteroatoms. The monoisotopic (exact) mass is 418 g/mol. The zero-order valence-corrected chi connectivity index (χ0v) is 15.5. The molecule has 7 nitrogen and oxygen atoms in total. The van der Waals surface area contributed by atoms with Crippen molar-refractivity contribution < 1.29 is 22.3 Å². The largest absolute Gasteiger partial charge is 0.573 e. The Hall–Kier alpha value is -3.76. The molecule has 4 aromatic rings. The number of hydrogen-bond acceptors (Lipinski definition) is 6. The van der Waals surface area contributed by atoms with Gasteiger partial charge in [-0.15, -0.1) is 18.3 Å². The molecule has 0 aliphatic carbocycles. The van der Waals surface area contributed by atoms with Crippen LogP contribution in [-0.4, -0.2) is 31.3 Å². The lowest BCUT2D eigenvalue weighted by molar-refractivity contribution is -0.274. The fraction of sp³-hybridized carbons (Fsp3) is 0.158. The number of nitrogens with zero attached hydrogens (tertiary/aromatic N) is 5. The van der Waals surface area contributed by atoms with Gasteiger partial charge < -0.3 is 10.1 Å². The Morgan fingerprint density at radius 3 is 2.37 bits per heavy atom. The molecule has 0 aliphatic rings. The van der Waals surface area contributed by atoms with Crippen LogP contribution in [0, 0.1) is 12.7 Å². The summed E-state index contributed by atoms with van der Waals surface area (Å²) in [5.74, 6) is 0.137. The predicted octanol–water partition coefficient (Wildman–Crippen LogP) is 4.36. The third kappa shape index (κ3) is 4.45. The maximum atomic E-state index is 13.1. The molecular formula is C19H14F4N6O. The highest BCUT2D eigenvalue weighted by atomic mass is 19.4. The quantitative estimate of drug-likeness (QED) is 0.486. The van der Waals surface area contributed by atoms with E-state index in [-0.39, 0.29) is 11.6 Å². The molecule has 0 fully saturated rings. The minimum absolute atomic E-state index is 0.330. The van der Waals surface area contributed by atoms with Crippen molar-refractivity contribution in [3.63, 3.8) is 0 Å². The van der Waals surface area contributed by atoms with Gasteiger partial charge in [-0.25, -0.2) is 19.0 Å². The topological polar surface area (TPSA) is 77.8 Å². The summed E-state index contributed by atoms with van der Waals surface area (Å²) in [5, 5.41) is 11.2. The second-order valence-corrected chi connectivity index (χ2v) is 6.36. The van der Waals surface area contributed by atoms with Crippen LogP contribution in [-0.2, 0) is 6.54 Å². The van der Waals surface area contributed by atoms with E-state index >= 15 is 0 Å². The maximum absolute atomic E-state index is 13.1. The first-order valence-electron chi connectivity index (χ1n) is 8.72. The number of hydrogen-bond donors (Lipinski definition) is 1. The van der Waals surface area contributed by atoms with Crippen LogP contribution >= 0.6 is 0 Å². The van der Waals surface area contributed by atoms with Crippen molar-refractivity contribution in [1.29, 1.82) is 0 Å². The van der Waals surface area contributed by atoms with Gasteiger partial charge in [0, 0.05) is 5.69 Å². The molecular weight excluding hydrogens is 404 g/mol. The van der Waals surface area contributed by atoms with Gasteiger partial charge in [0.2, 0.25) is 0 Å². The molecule has 30 heavy (non-hydrogen) atoms. The number of nitrogens with one attached hydrogen (secondary N) is 1. The molecule has 0 saturated carbocycles. The molecule has 0 aliphatic heterocycles. The van der Waals surface area contributed by atoms with E-state index in [1.165, 1.54) is 36.4 Å². The Kier molecular flexibility index (Phi) is 4.94. The second-order valence-electron chi connectivity index (χ2n) is 6.36. The second kappa shape index (κ2) is 7.58. The number of anilines is 2. The molecule has 2 aromatic heterocycles. The Bertz CT molecular complexity index is 1170. The van der Waals surface area contributed by atoms with Crippen LogP contribution in [0.3, 0.4) is 0 Å². The minimum atomic E-state index is -4.76. The first-order valence-corrected chi connectivity index (χ1v) is 8.72. The Morgan fingerprint density at radius 2 is 1.70 bits per heavy atom. The van der Waals surface area contributed by atoms with Crippen LogP contribution in [0.5, 0.6) is 5.75 Å². The molecule has 0 spiro atoms. The van der Waals surface area contributed by atoms with E-state index in [2.05, 4.69) is 30.3 Å². The summed E-state index contributed by atoms with van der Waals surface area (Å²) in [6.07, 6.45) is -4.76. The summed E-state index contributed by atoms with van der Waals surface area (Å²) in [5.41, 5.74) is 2.15. The van der Waals surface area contributed by atoms with Crippen molar-refractivity contribution in [3.8, 4) is 5.75 Å². The molecule has 4 rings (SSSR count). The van der Waals surface area contributed by atoms with Gasteiger partial charge in [0.15, 0.2) is 17.0 Å². The van der Waals surface area contributed by atoms with Crippen LogP contribution in [0.25, 0.3) is 11.2 Å². The van der Waals surface area contributed by atoms with Gasteiger partial charge >= 0.3 is 6.36 Å². The summed E-state index contributed by atoms with van der Waals surface area (Å²) >= 11 is 0. The van der Waals surface area contributed by atoms with Gasteiger partial charge in [-0.05, 0) is 48.9 Å². The average Bonchev–Trinajstić information content (AvgIpc) is 3.07. The van der Waals surface area contributed by atoms with Crippen molar-refractivity contribution >= 4 is 22.7 Å². The smallest absolute Gasteiger partial charge is 0.406 e. The molecule has 154 valence electrons. The first-order chi connectivity index (χ1) is 14.3. The van der Waals surface area contributed by atoms with Crippen molar-refractivity contribution in [2.75, 3.05) is 5.32 Å². The van der Waals surface area contributed by atoms with Crippen molar-refractivity contribution in [2.24, 2.45) is 0 Å². The Morgan fingerprint density at radius 1 is 1.00 bits per heavy atom. The third-order valence-corrected chi connectivity index (χ3v) is 4.07. The van der Waals surface area contributed by atoms with Gasteiger partial charge in [-0.1, -0.05) is 17.3 Å². The Balaban J connectivity index is 1.60. The van der Waals surface area contributed by atoms with Crippen molar-refractivity contribution in [1.82, 2.24) is 25.0 Å². The number of benzene rings is 2. The number of halogens is 4. The molecule has 0 amide bonds. The number of ether oxygens (including phenoxy) is 1. The molecule has 0 unspecified atom stereocenters. The van der Waals surface area contributed by atoms with Crippen LogP contribution in [0.15, 0.2) is 48.5 Å². The van der Waals surface area contributed by atoms with Gasteiger partial charge in [-0.2, -0.15) is 0 Å². The van der Waals surface area contributed by atoms with Gasteiger partial charge in [0.1, 0.15) is 17.4 Å². The van der Waals surface area contributed by atoms with Crippen LogP contribution in [0.2, 0.25) is 0 Å². The fourth-order valence-electron chi connectivity index (χ4n) is 2.80. The molecule has 2 aromatic carbocycles. The van der Waals surface area contributed by atoms with E-state index in [0.717, 1.165) is 5.56 Å². The lowest BCUT2D eigenvalue weighted by Gasteiger charge is -2.10. The molecule has 0 radical (unpaired) electrons. The zero-order valence-electron chi connectivity index (χ0n) is 15.5. The van der Waals surface area contributed by atoms with E-state index in [0.29, 0.717) is 35.0 Å². The van der Waals surface area contributed by atoms with Gasteiger partial charge in [0.25, 0.3) is 0 Å². The molecule has 0 atom stereocenters. The van der Waals surface area contributed by atoms with E-state index in [9.17, 15) is 17.6 Å². The zero-order chi connectivity index (χ0) is 21.3. The number of aromatic nitrogens is 5. The first kappa shape index (κ1) is 19.6. The number of rotatable bonds is 5. The summed E-state index contributed by atoms with van der Waals surface area (Å²) in [6.45, 7) is 2.02. The highest BCUT2D eigenvalue weighted by Gasteiger charge is 2.31. The summed E-state index contributed by atoms with van der Waals surface area (Å²) < 4.78 is 55.4. The Labute approximate surface area is 167 Å². The minimum Gasteiger partial charge on any atom is -0.406 e. The van der Waals surface area contributed by atoms with Gasteiger partial charge in [-0.3, -0.25) is 0 Å². The standard InChI is InChI=1S/C19H14F4N6O/c1-11-24-17(26-14-6-8-15(9-7-14)30-19(21,22)23)16-18(25-11)29(28-27-16)10-12-2-4-13(20)5-3-12/h2-9H,10H2,1H3,(H,24,25,26). The van der Waals surface area contributed by atoms with Crippen molar-refractivity contribution in [3.05, 3.63) is 65.7 Å². The van der Waals surface area contributed by atoms with Crippen molar-refractivity contribution in [2.45, 2.75) is 19.8 Å².